The van der Waals surface area contributed by atoms with Gasteiger partial charge in [-0.3, -0.25) is 19.3 Å². The lowest BCUT2D eigenvalue weighted by molar-refractivity contribution is -0.127. The summed E-state index contributed by atoms with van der Waals surface area (Å²) in [5.41, 5.74) is 3.87. The van der Waals surface area contributed by atoms with Gasteiger partial charge in [-0.15, -0.1) is 5.10 Å². The number of hydrogen-bond acceptors (Lipinski definition) is 6. The molecular weight excluding hydrogens is 470 g/mol. The zero-order valence-electron chi connectivity index (χ0n) is 21.0. The molecule has 0 unspecified atom stereocenters. The van der Waals surface area contributed by atoms with E-state index >= 15 is 0 Å². The Balaban J connectivity index is 1.81. The highest BCUT2D eigenvalue weighted by Crippen LogP contribution is 2.30. The number of methoxy groups -OCH3 is 1. The van der Waals surface area contributed by atoms with Gasteiger partial charge in [0.25, 0.3) is 0 Å². The van der Waals surface area contributed by atoms with Crippen molar-refractivity contribution in [2.45, 2.75) is 26.4 Å². The fourth-order valence-electron chi connectivity index (χ4n) is 4.09. The summed E-state index contributed by atoms with van der Waals surface area (Å²) in [5, 5.41) is 11.2. The van der Waals surface area contributed by atoms with Gasteiger partial charge >= 0.3 is 0 Å². The number of nitrogens with one attached hydrogen (secondary N) is 1. The molecule has 0 aliphatic carbocycles. The molecular formula is C28H29N5O4. The molecule has 2 amide bonds. The summed E-state index contributed by atoms with van der Waals surface area (Å²) in [6.45, 7) is 3.86. The Morgan fingerprint density at radius 3 is 2.51 bits per heavy atom. The van der Waals surface area contributed by atoms with E-state index in [1.165, 1.54) is 16.5 Å². The van der Waals surface area contributed by atoms with Crippen molar-refractivity contribution >= 4 is 34.3 Å². The van der Waals surface area contributed by atoms with Crippen molar-refractivity contribution in [3.63, 3.8) is 0 Å². The molecule has 1 N–H and O–H groups in total. The van der Waals surface area contributed by atoms with Crippen LogP contribution in [0.5, 0.6) is 0 Å². The molecule has 0 saturated heterocycles. The molecule has 0 bridgehead atoms. The largest absolute Gasteiger partial charge is 0.383 e. The third-order valence-corrected chi connectivity index (χ3v) is 6.01. The number of benzene rings is 3. The Morgan fingerprint density at radius 1 is 1.03 bits per heavy atom. The number of ketones is 1. The minimum absolute atomic E-state index is 0.145. The average molecular weight is 500 g/mol. The Kier molecular flexibility index (Phi) is 8.05. The fraction of sp³-hybridized carbons (Fsp3) is 0.250. The number of para-hydroxylation sites is 1. The van der Waals surface area contributed by atoms with Crippen LogP contribution in [0.2, 0.25) is 0 Å². The van der Waals surface area contributed by atoms with Gasteiger partial charge in [0.2, 0.25) is 11.8 Å². The fourth-order valence-corrected chi connectivity index (χ4v) is 4.09. The molecule has 4 aromatic rings. The Labute approximate surface area is 215 Å². The quantitative estimate of drug-likeness (QED) is 0.265. The van der Waals surface area contributed by atoms with Gasteiger partial charge < -0.3 is 10.1 Å². The number of carbonyl (C=O) groups is 3. The molecule has 1 atom stereocenters. The van der Waals surface area contributed by atoms with Gasteiger partial charge in [-0.2, -0.15) is 0 Å². The Bertz CT molecular complexity index is 1410. The maximum atomic E-state index is 14.0. The highest BCUT2D eigenvalue weighted by atomic mass is 16.5. The summed E-state index contributed by atoms with van der Waals surface area (Å²) in [5.74, 6) is -0.900. The summed E-state index contributed by atoms with van der Waals surface area (Å²) in [7, 11) is 1.55. The number of anilines is 1. The van der Waals surface area contributed by atoms with E-state index in [1.54, 1.807) is 31.4 Å². The van der Waals surface area contributed by atoms with Crippen LogP contribution < -0.4 is 10.2 Å². The predicted octanol–water partition coefficient (Wildman–Crippen LogP) is 3.48. The van der Waals surface area contributed by atoms with Crippen LogP contribution in [-0.4, -0.2) is 52.9 Å². The number of amides is 2. The second kappa shape index (κ2) is 11.6. The second-order valence-corrected chi connectivity index (χ2v) is 8.70. The van der Waals surface area contributed by atoms with Crippen LogP contribution in [0.3, 0.4) is 0 Å². The maximum absolute atomic E-state index is 14.0. The summed E-state index contributed by atoms with van der Waals surface area (Å²) in [6.07, 6.45) is 0. The first-order valence-electron chi connectivity index (χ1n) is 11.9. The number of rotatable bonds is 10. The molecule has 0 aliphatic rings. The van der Waals surface area contributed by atoms with E-state index in [0.717, 1.165) is 5.56 Å². The van der Waals surface area contributed by atoms with Gasteiger partial charge in [-0.1, -0.05) is 59.3 Å². The summed E-state index contributed by atoms with van der Waals surface area (Å²) < 4.78 is 6.60. The van der Waals surface area contributed by atoms with E-state index in [2.05, 4.69) is 15.6 Å². The van der Waals surface area contributed by atoms with Crippen LogP contribution in [0.1, 0.15) is 34.5 Å². The van der Waals surface area contributed by atoms with Gasteiger partial charge in [-0.25, -0.2) is 4.68 Å². The average Bonchev–Trinajstić information content (AvgIpc) is 3.30. The van der Waals surface area contributed by atoms with Gasteiger partial charge in [0.15, 0.2) is 5.78 Å². The number of fused-ring (bicyclic) bond motifs is 1. The van der Waals surface area contributed by atoms with Crippen LogP contribution in [0.25, 0.3) is 11.0 Å². The number of Topliss-reactive ketones (excluding diaryl/α,β-unsaturated/α-hetero) is 1. The van der Waals surface area contributed by atoms with Crippen LogP contribution in [-0.2, 0) is 20.9 Å². The van der Waals surface area contributed by atoms with E-state index in [1.807, 2.05) is 55.5 Å². The van der Waals surface area contributed by atoms with Crippen molar-refractivity contribution in [2.24, 2.45) is 0 Å². The monoisotopic (exact) mass is 499 g/mol. The van der Waals surface area contributed by atoms with Gasteiger partial charge in [0, 0.05) is 24.9 Å². The number of ether oxygens (including phenoxy) is 1. The molecule has 9 nitrogen and oxygen atoms in total. The van der Waals surface area contributed by atoms with Crippen molar-refractivity contribution in [1.82, 2.24) is 20.3 Å². The van der Waals surface area contributed by atoms with Crippen molar-refractivity contribution in [3.05, 3.63) is 89.5 Å². The number of aryl methyl sites for hydroxylation is 1. The molecule has 0 fully saturated rings. The lowest BCUT2D eigenvalue weighted by Gasteiger charge is -2.32. The summed E-state index contributed by atoms with van der Waals surface area (Å²) in [4.78, 5) is 41.2. The number of carbonyl (C=O) groups excluding carboxylic acids is 3. The normalized spacial score (nSPS) is 11.8. The smallest absolute Gasteiger partial charge is 0.249 e. The number of hydrogen-bond donors (Lipinski definition) is 1. The van der Waals surface area contributed by atoms with Crippen molar-refractivity contribution in [3.8, 4) is 0 Å². The number of aromatic nitrogens is 3. The Morgan fingerprint density at radius 2 is 1.78 bits per heavy atom. The van der Waals surface area contributed by atoms with Crippen molar-refractivity contribution < 1.29 is 19.1 Å². The van der Waals surface area contributed by atoms with Gasteiger partial charge in [0.1, 0.15) is 18.1 Å². The SMILES string of the molecule is COCCNC(=O)[C@H](c1ccc(C)cc1)N(C(=O)Cn1nnc2ccccc21)c1cccc(C(C)=O)c1. The van der Waals surface area contributed by atoms with Crippen molar-refractivity contribution in [1.29, 1.82) is 0 Å². The molecule has 4 rings (SSSR count). The molecule has 0 spiro atoms. The van der Waals surface area contributed by atoms with E-state index in [-0.39, 0.29) is 30.7 Å². The maximum Gasteiger partial charge on any atom is 0.249 e. The highest BCUT2D eigenvalue weighted by Gasteiger charge is 2.33. The first-order chi connectivity index (χ1) is 17.9. The van der Waals surface area contributed by atoms with E-state index < -0.39 is 6.04 Å². The topological polar surface area (TPSA) is 106 Å². The lowest BCUT2D eigenvalue weighted by atomic mass is 10.0. The molecule has 0 radical (unpaired) electrons. The summed E-state index contributed by atoms with van der Waals surface area (Å²) >= 11 is 0. The van der Waals surface area contributed by atoms with E-state index in [9.17, 15) is 14.4 Å². The molecule has 0 aliphatic heterocycles. The molecule has 190 valence electrons. The molecule has 1 aromatic heterocycles. The minimum Gasteiger partial charge on any atom is -0.383 e. The minimum atomic E-state index is -0.998. The zero-order valence-corrected chi connectivity index (χ0v) is 21.0. The number of nitrogens with zero attached hydrogens (tertiary/aromatic N) is 4. The molecule has 3 aromatic carbocycles. The molecule has 1 heterocycles. The van der Waals surface area contributed by atoms with Crippen LogP contribution in [0.15, 0.2) is 72.8 Å². The molecule has 37 heavy (non-hydrogen) atoms. The standard InChI is InChI=1S/C28H29N5O4/c1-19-11-13-21(14-12-19)27(28(36)29-15-16-37-3)33(23-8-6-7-22(17-23)20(2)34)26(35)18-32-25-10-5-4-9-24(25)30-31-32/h4-14,17,27H,15-16,18H2,1-3H3,(H,29,36)/t27-/m0/s1. The van der Waals surface area contributed by atoms with Crippen LogP contribution in [0.4, 0.5) is 5.69 Å². The first-order valence-corrected chi connectivity index (χ1v) is 11.9. The molecule has 9 heteroatoms. The molecule has 0 saturated carbocycles. The van der Waals surface area contributed by atoms with Gasteiger partial charge in [0.05, 0.1) is 12.1 Å². The lowest BCUT2D eigenvalue weighted by Crippen LogP contribution is -2.46. The van der Waals surface area contributed by atoms with Crippen molar-refractivity contribution in [2.75, 3.05) is 25.2 Å². The van der Waals surface area contributed by atoms with Crippen LogP contribution >= 0.6 is 0 Å². The third kappa shape index (κ3) is 5.90. The Hall–Kier alpha value is -4.37. The third-order valence-electron chi connectivity index (χ3n) is 6.01. The predicted molar refractivity (Wildman–Crippen MR) is 140 cm³/mol. The summed E-state index contributed by atoms with van der Waals surface area (Å²) in [6, 6.07) is 20.5. The first kappa shape index (κ1) is 25.7. The zero-order chi connectivity index (χ0) is 26.4. The highest BCUT2D eigenvalue weighted by molar-refractivity contribution is 6.03. The van der Waals surface area contributed by atoms with E-state index in [4.69, 9.17) is 4.74 Å². The van der Waals surface area contributed by atoms with Gasteiger partial charge in [-0.05, 0) is 43.7 Å². The second-order valence-electron chi connectivity index (χ2n) is 8.70. The van der Waals surface area contributed by atoms with Crippen LogP contribution in [0, 0.1) is 6.92 Å². The van der Waals surface area contributed by atoms with E-state index in [0.29, 0.717) is 34.5 Å².